The fraction of sp³-hybridized carbons (Fsp3) is 0.375. The van der Waals surface area contributed by atoms with Crippen molar-refractivity contribution in [2.75, 3.05) is 26.5 Å². The molecule has 14 heteroatoms. The third-order valence-electron chi connectivity index (χ3n) is 4.91. The standard InChI is InChI=1S/C24H29FN2O10S/c1-3-34-24(30)36-16-35-23(29)12-13-27(15-17(2)14-22(28)26-31)38(32,33)21-10-8-20(9-11-21)37-19-6-4-18(25)5-7-19/h4-11,17,31H,3,12-16H2,1-2H3,(H,26,28). The Hall–Kier alpha value is -3.75. The molecule has 1 unspecified atom stereocenters. The summed E-state index contributed by atoms with van der Waals surface area (Å²) in [4.78, 5) is 34.7. The number of nitrogens with one attached hydrogen (secondary N) is 1. The van der Waals surface area contributed by atoms with Crippen molar-refractivity contribution in [2.45, 2.75) is 31.6 Å². The number of benzene rings is 2. The number of carbonyl (C=O) groups excluding carboxylic acids is 3. The Morgan fingerprint density at radius 2 is 1.61 bits per heavy atom. The molecule has 208 valence electrons. The lowest BCUT2D eigenvalue weighted by Gasteiger charge is -2.25. The van der Waals surface area contributed by atoms with Gasteiger partial charge >= 0.3 is 12.1 Å². The first kappa shape index (κ1) is 30.5. The monoisotopic (exact) mass is 556 g/mol. The minimum atomic E-state index is -4.15. The lowest BCUT2D eigenvalue weighted by Crippen LogP contribution is -2.37. The fourth-order valence-electron chi connectivity index (χ4n) is 3.14. The van der Waals surface area contributed by atoms with Crippen LogP contribution in [0.4, 0.5) is 9.18 Å². The highest BCUT2D eigenvalue weighted by atomic mass is 32.2. The summed E-state index contributed by atoms with van der Waals surface area (Å²) < 4.78 is 60.3. The van der Waals surface area contributed by atoms with Gasteiger partial charge in [0.2, 0.25) is 22.7 Å². The largest absolute Gasteiger partial charge is 0.511 e. The first-order chi connectivity index (χ1) is 18.0. The van der Waals surface area contributed by atoms with Crippen molar-refractivity contribution in [3.63, 3.8) is 0 Å². The maximum absolute atomic E-state index is 13.4. The molecule has 2 aromatic rings. The number of hydrogen-bond acceptors (Lipinski definition) is 10. The van der Waals surface area contributed by atoms with E-state index in [0.717, 1.165) is 4.31 Å². The Bertz CT molecular complexity index is 1170. The molecule has 0 saturated carbocycles. The van der Waals surface area contributed by atoms with Crippen LogP contribution in [0, 0.1) is 11.7 Å². The quantitative estimate of drug-likeness (QED) is 0.153. The average Bonchev–Trinajstić information content (AvgIpc) is 2.88. The maximum Gasteiger partial charge on any atom is 0.511 e. The zero-order valence-corrected chi connectivity index (χ0v) is 21.6. The lowest BCUT2D eigenvalue weighted by molar-refractivity contribution is -0.153. The molecule has 0 saturated heterocycles. The summed E-state index contributed by atoms with van der Waals surface area (Å²) in [5.41, 5.74) is 1.49. The van der Waals surface area contributed by atoms with E-state index in [2.05, 4.69) is 9.47 Å². The third kappa shape index (κ3) is 9.95. The predicted octanol–water partition coefficient (Wildman–Crippen LogP) is 3.20. The number of rotatable bonds is 14. The summed E-state index contributed by atoms with van der Waals surface area (Å²) in [6, 6.07) is 10.7. The number of carbonyl (C=O) groups is 3. The first-order valence-corrected chi connectivity index (χ1v) is 12.9. The smallest absolute Gasteiger partial charge is 0.457 e. The van der Waals surface area contributed by atoms with Crippen LogP contribution in [0.3, 0.4) is 0 Å². The van der Waals surface area contributed by atoms with Crippen molar-refractivity contribution in [2.24, 2.45) is 5.92 Å². The number of ether oxygens (including phenoxy) is 4. The molecule has 0 heterocycles. The molecule has 2 rings (SSSR count). The highest BCUT2D eigenvalue weighted by Gasteiger charge is 2.27. The molecule has 12 nitrogen and oxygen atoms in total. The molecule has 1 atom stereocenters. The van der Waals surface area contributed by atoms with Crippen LogP contribution in [-0.2, 0) is 33.8 Å². The van der Waals surface area contributed by atoms with Gasteiger partial charge in [0.05, 0.1) is 17.9 Å². The van der Waals surface area contributed by atoms with Gasteiger partial charge in [-0.2, -0.15) is 4.31 Å². The van der Waals surface area contributed by atoms with Gasteiger partial charge in [-0.15, -0.1) is 0 Å². The van der Waals surface area contributed by atoms with Crippen molar-refractivity contribution >= 4 is 28.1 Å². The second-order valence-corrected chi connectivity index (χ2v) is 9.88. The van der Waals surface area contributed by atoms with E-state index in [1.165, 1.54) is 54.0 Å². The first-order valence-electron chi connectivity index (χ1n) is 11.5. The van der Waals surface area contributed by atoms with Crippen LogP contribution < -0.4 is 10.2 Å². The molecule has 0 fully saturated rings. The predicted molar refractivity (Wildman–Crippen MR) is 129 cm³/mol. The molecule has 2 N–H and O–H groups in total. The summed E-state index contributed by atoms with van der Waals surface area (Å²) >= 11 is 0. The van der Waals surface area contributed by atoms with Crippen molar-refractivity contribution in [1.29, 1.82) is 0 Å². The molecular weight excluding hydrogens is 527 g/mol. The van der Waals surface area contributed by atoms with Gasteiger partial charge in [-0.05, 0) is 61.4 Å². The van der Waals surface area contributed by atoms with E-state index in [1.54, 1.807) is 13.8 Å². The van der Waals surface area contributed by atoms with Gasteiger partial charge < -0.3 is 18.9 Å². The molecular formula is C24H29FN2O10S. The minimum Gasteiger partial charge on any atom is -0.457 e. The Morgan fingerprint density at radius 1 is 1.00 bits per heavy atom. The summed E-state index contributed by atoms with van der Waals surface area (Å²) in [6.07, 6.45) is -1.58. The van der Waals surface area contributed by atoms with E-state index in [9.17, 15) is 27.2 Å². The van der Waals surface area contributed by atoms with Gasteiger partial charge in [-0.25, -0.2) is 23.1 Å². The van der Waals surface area contributed by atoms with Crippen LogP contribution in [0.1, 0.15) is 26.7 Å². The third-order valence-corrected chi connectivity index (χ3v) is 6.79. The zero-order chi connectivity index (χ0) is 28.1. The van der Waals surface area contributed by atoms with Gasteiger partial charge in [0, 0.05) is 19.5 Å². The van der Waals surface area contributed by atoms with Crippen LogP contribution >= 0.6 is 0 Å². The van der Waals surface area contributed by atoms with Crippen molar-refractivity contribution in [3.05, 3.63) is 54.3 Å². The highest BCUT2D eigenvalue weighted by Crippen LogP contribution is 2.25. The van der Waals surface area contributed by atoms with Crippen molar-refractivity contribution in [1.82, 2.24) is 9.79 Å². The van der Waals surface area contributed by atoms with Crippen LogP contribution in [0.25, 0.3) is 0 Å². The molecule has 0 spiro atoms. The molecule has 0 aliphatic carbocycles. The van der Waals surface area contributed by atoms with Crippen LogP contribution in [0.5, 0.6) is 11.5 Å². The van der Waals surface area contributed by atoms with E-state index < -0.39 is 46.6 Å². The van der Waals surface area contributed by atoms with E-state index in [1.807, 2.05) is 0 Å². The number of amides is 1. The van der Waals surface area contributed by atoms with E-state index in [0.29, 0.717) is 11.5 Å². The Morgan fingerprint density at radius 3 is 2.18 bits per heavy atom. The van der Waals surface area contributed by atoms with E-state index >= 15 is 0 Å². The number of sulfonamides is 1. The molecule has 0 aliphatic rings. The molecule has 2 aromatic carbocycles. The Kier molecular flexibility index (Phi) is 11.9. The van der Waals surface area contributed by atoms with Gasteiger partial charge in [0.25, 0.3) is 0 Å². The van der Waals surface area contributed by atoms with Crippen molar-refractivity contribution < 1.29 is 51.3 Å². The summed E-state index contributed by atoms with van der Waals surface area (Å²) in [6.45, 7) is 2.08. The zero-order valence-electron chi connectivity index (χ0n) is 20.8. The lowest BCUT2D eigenvalue weighted by atomic mass is 10.1. The van der Waals surface area contributed by atoms with E-state index in [-0.39, 0.29) is 37.4 Å². The average molecular weight is 557 g/mol. The Labute approximate surface area is 219 Å². The fourth-order valence-corrected chi connectivity index (χ4v) is 4.70. The number of esters is 1. The molecule has 38 heavy (non-hydrogen) atoms. The molecule has 0 bridgehead atoms. The molecule has 0 radical (unpaired) electrons. The second-order valence-electron chi connectivity index (χ2n) is 7.95. The number of hydroxylamine groups is 1. The molecule has 0 aliphatic heterocycles. The Balaban J connectivity index is 2.11. The molecule has 1 amide bonds. The highest BCUT2D eigenvalue weighted by molar-refractivity contribution is 7.89. The second kappa shape index (κ2) is 14.9. The minimum absolute atomic E-state index is 0.0748. The summed E-state index contributed by atoms with van der Waals surface area (Å²) in [5.74, 6) is -1.84. The normalized spacial score (nSPS) is 11.9. The maximum atomic E-state index is 13.4. The van der Waals surface area contributed by atoms with Gasteiger partial charge in [0.1, 0.15) is 17.3 Å². The number of nitrogens with zero attached hydrogens (tertiary/aromatic N) is 1. The summed E-state index contributed by atoms with van der Waals surface area (Å²) in [5, 5.41) is 8.76. The van der Waals surface area contributed by atoms with Gasteiger partial charge in [-0.3, -0.25) is 14.8 Å². The van der Waals surface area contributed by atoms with Crippen LogP contribution in [-0.4, -0.2) is 62.5 Å². The van der Waals surface area contributed by atoms with Gasteiger partial charge in [0.15, 0.2) is 0 Å². The molecule has 0 aromatic heterocycles. The number of halogens is 1. The summed E-state index contributed by atoms with van der Waals surface area (Å²) in [7, 11) is -4.15. The van der Waals surface area contributed by atoms with E-state index in [4.69, 9.17) is 14.7 Å². The SMILES string of the molecule is CCOC(=O)OCOC(=O)CCN(CC(C)CC(=O)NO)S(=O)(=O)c1ccc(Oc2ccc(F)cc2)cc1. The topological polar surface area (TPSA) is 158 Å². The van der Waals surface area contributed by atoms with Crippen LogP contribution in [0.15, 0.2) is 53.4 Å². The van der Waals surface area contributed by atoms with Crippen LogP contribution in [0.2, 0.25) is 0 Å². The number of hydrogen-bond donors (Lipinski definition) is 2. The van der Waals surface area contributed by atoms with Crippen molar-refractivity contribution in [3.8, 4) is 11.5 Å². The van der Waals surface area contributed by atoms with Gasteiger partial charge in [-0.1, -0.05) is 6.92 Å².